The number of nitrogens with one attached hydrogen (secondary N) is 1. The van der Waals surface area contributed by atoms with Crippen molar-refractivity contribution in [3.8, 4) is 0 Å². The molecular weight excluding hydrogens is 686 g/mol. The highest BCUT2D eigenvalue weighted by Crippen LogP contribution is 2.22. The van der Waals surface area contributed by atoms with Crippen molar-refractivity contribution in [1.29, 1.82) is 0 Å². The summed E-state index contributed by atoms with van der Waals surface area (Å²) in [5.74, 6) is -0.639. The normalized spacial score (nSPS) is 22.6. The third-order valence-corrected chi connectivity index (χ3v) is 9.94. The molecule has 0 aromatic heterocycles. The van der Waals surface area contributed by atoms with Crippen LogP contribution < -0.4 is 5.32 Å². The van der Waals surface area contributed by atoms with Gasteiger partial charge >= 0.3 is 0 Å². The lowest BCUT2D eigenvalue weighted by Crippen LogP contribution is -2.60. The average molecular weight is 766 g/mol. The molecule has 10 heteroatoms. The van der Waals surface area contributed by atoms with E-state index < -0.39 is 61.5 Å². The van der Waals surface area contributed by atoms with Crippen LogP contribution in [0.1, 0.15) is 162 Å². The van der Waals surface area contributed by atoms with Gasteiger partial charge in [-0.3, -0.25) is 4.79 Å². The Hall–Kier alpha value is -1.89. The largest absolute Gasteiger partial charge is 0.394 e. The van der Waals surface area contributed by atoms with Crippen LogP contribution in [-0.4, -0.2) is 98.7 Å². The van der Waals surface area contributed by atoms with Gasteiger partial charge in [0.25, 0.3) is 0 Å². The number of aliphatic hydroxyl groups excluding tert-OH is 6. The van der Waals surface area contributed by atoms with E-state index in [2.05, 4.69) is 55.6 Å². The Kier molecular flexibility index (Phi) is 31.9. The van der Waals surface area contributed by atoms with Crippen LogP contribution >= 0.6 is 0 Å². The first-order valence-corrected chi connectivity index (χ1v) is 21.5. The third-order valence-electron chi connectivity index (χ3n) is 9.94. The first-order chi connectivity index (χ1) is 26.3. The zero-order valence-electron chi connectivity index (χ0n) is 33.8. The number of amides is 1. The molecule has 10 nitrogen and oxygen atoms in total. The molecule has 314 valence electrons. The Balaban J connectivity index is 2.45. The minimum atomic E-state index is -1.62. The summed E-state index contributed by atoms with van der Waals surface area (Å²) < 4.78 is 11.1. The molecule has 1 aliphatic heterocycles. The van der Waals surface area contributed by atoms with Crippen molar-refractivity contribution in [2.24, 2.45) is 0 Å². The molecule has 0 bridgehead atoms. The van der Waals surface area contributed by atoms with E-state index in [-0.39, 0.29) is 6.61 Å². The Morgan fingerprint density at radius 3 is 1.69 bits per heavy atom. The zero-order valence-corrected chi connectivity index (χ0v) is 33.8. The minimum absolute atomic E-state index is 0.292. The second-order valence-corrected chi connectivity index (χ2v) is 14.9. The summed E-state index contributed by atoms with van der Waals surface area (Å²) in [5, 5.41) is 64.4. The minimum Gasteiger partial charge on any atom is -0.394 e. The summed E-state index contributed by atoms with van der Waals surface area (Å²) in [4.78, 5) is 13.0. The molecule has 1 heterocycles. The first kappa shape index (κ1) is 50.1. The van der Waals surface area contributed by atoms with Crippen molar-refractivity contribution in [3.63, 3.8) is 0 Å². The molecule has 0 aliphatic carbocycles. The lowest BCUT2D eigenvalue weighted by molar-refractivity contribution is -0.302. The third kappa shape index (κ3) is 24.6. The van der Waals surface area contributed by atoms with Crippen molar-refractivity contribution in [2.75, 3.05) is 13.2 Å². The fourth-order valence-electron chi connectivity index (χ4n) is 6.37. The van der Waals surface area contributed by atoms with Crippen LogP contribution in [0.3, 0.4) is 0 Å². The van der Waals surface area contributed by atoms with E-state index in [1.165, 1.54) is 70.6 Å². The molecule has 0 spiro atoms. The quantitative estimate of drug-likeness (QED) is 0.0264. The number of rotatable bonds is 34. The summed E-state index contributed by atoms with van der Waals surface area (Å²) in [5.41, 5.74) is 0. The molecule has 1 amide bonds. The van der Waals surface area contributed by atoms with Crippen LogP contribution in [0.15, 0.2) is 48.6 Å². The molecular formula is C44H79NO9. The van der Waals surface area contributed by atoms with Gasteiger partial charge in [0.2, 0.25) is 5.91 Å². The molecule has 0 aromatic rings. The highest BCUT2D eigenvalue weighted by Gasteiger charge is 2.44. The molecule has 7 N–H and O–H groups in total. The van der Waals surface area contributed by atoms with E-state index in [0.29, 0.717) is 19.3 Å². The number of carbonyl (C=O) groups is 1. The monoisotopic (exact) mass is 766 g/mol. The maximum Gasteiger partial charge on any atom is 0.249 e. The Bertz CT molecular complexity index is 1000. The highest BCUT2D eigenvalue weighted by molar-refractivity contribution is 5.80. The Morgan fingerprint density at radius 1 is 0.630 bits per heavy atom. The van der Waals surface area contributed by atoms with E-state index in [4.69, 9.17) is 9.47 Å². The fraction of sp³-hybridized carbons (Fsp3) is 0.795. The van der Waals surface area contributed by atoms with E-state index in [1.54, 1.807) is 6.08 Å². The van der Waals surface area contributed by atoms with Crippen molar-refractivity contribution < 1.29 is 44.9 Å². The maximum absolute atomic E-state index is 13.0. The van der Waals surface area contributed by atoms with Gasteiger partial charge in [0.15, 0.2) is 6.29 Å². The molecule has 1 aliphatic rings. The van der Waals surface area contributed by atoms with Gasteiger partial charge in [0.1, 0.15) is 30.5 Å². The molecule has 0 saturated carbocycles. The molecule has 0 aromatic carbocycles. The van der Waals surface area contributed by atoms with Crippen LogP contribution in [-0.2, 0) is 14.3 Å². The molecule has 54 heavy (non-hydrogen) atoms. The number of allylic oxidation sites excluding steroid dienone is 7. The summed E-state index contributed by atoms with van der Waals surface area (Å²) in [6.07, 6.45) is 32.1. The topological polar surface area (TPSA) is 169 Å². The van der Waals surface area contributed by atoms with Crippen LogP contribution in [0.2, 0.25) is 0 Å². The zero-order chi connectivity index (χ0) is 39.7. The van der Waals surface area contributed by atoms with Crippen LogP contribution in [0.25, 0.3) is 0 Å². The number of hydrogen-bond acceptors (Lipinski definition) is 9. The average Bonchev–Trinajstić information content (AvgIpc) is 3.17. The van der Waals surface area contributed by atoms with Crippen molar-refractivity contribution in [2.45, 2.75) is 210 Å². The second kappa shape index (κ2) is 34.4. The summed E-state index contributed by atoms with van der Waals surface area (Å²) in [7, 11) is 0. The van der Waals surface area contributed by atoms with Gasteiger partial charge in [-0.15, -0.1) is 0 Å². The predicted molar refractivity (Wildman–Crippen MR) is 218 cm³/mol. The fourth-order valence-corrected chi connectivity index (χ4v) is 6.37. The molecule has 1 saturated heterocycles. The number of hydrogen-bond donors (Lipinski definition) is 7. The van der Waals surface area contributed by atoms with E-state index in [1.807, 2.05) is 6.08 Å². The number of unbranched alkanes of at least 4 members (excludes halogenated alkanes) is 17. The van der Waals surface area contributed by atoms with Crippen LogP contribution in [0.5, 0.6) is 0 Å². The van der Waals surface area contributed by atoms with Crippen molar-refractivity contribution >= 4 is 5.91 Å². The molecule has 1 rings (SSSR count). The summed E-state index contributed by atoms with van der Waals surface area (Å²) in [6, 6.07) is -1.00. The van der Waals surface area contributed by atoms with Gasteiger partial charge in [-0.1, -0.05) is 146 Å². The Morgan fingerprint density at radius 2 is 1.13 bits per heavy atom. The first-order valence-electron chi connectivity index (χ1n) is 21.5. The Labute approximate surface area is 327 Å². The second-order valence-electron chi connectivity index (χ2n) is 14.9. The van der Waals surface area contributed by atoms with Crippen LogP contribution in [0, 0.1) is 0 Å². The smallest absolute Gasteiger partial charge is 0.249 e. The summed E-state index contributed by atoms with van der Waals surface area (Å²) in [6.45, 7) is 3.48. The lowest BCUT2D eigenvalue weighted by atomic mass is 9.99. The van der Waals surface area contributed by atoms with Gasteiger partial charge in [0.05, 0.1) is 25.4 Å². The number of carbonyl (C=O) groups excluding carboxylic acids is 1. The highest BCUT2D eigenvalue weighted by atomic mass is 16.7. The standard InChI is InChI=1S/C44H79NO9/c1-3-5-7-9-11-13-15-16-17-18-19-20-21-23-25-27-29-31-33-38(48)43(52)45-36(35-53-44-42(51)41(50)40(49)39(34-46)54-44)37(47)32-30-28-26-24-22-14-12-10-8-6-4-2/h8,10,18-19,22,24,30,32,36-42,44,46-51H,3-7,9,11-17,20-21,23,25-29,31,33-35H2,1-2H3,(H,45,52)/b10-8+,19-18-,24-22+,32-30+. The van der Waals surface area contributed by atoms with Gasteiger partial charge in [-0.2, -0.15) is 0 Å². The van der Waals surface area contributed by atoms with Gasteiger partial charge < -0.3 is 45.4 Å². The predicted octanol–water partition coefficient (Wildman–Crippen LogP) is 7.25. The SMILES string of the molecule is CCC/C=C/CC/C=C/CC/C=C/C(O)C(COC1OC(CO)C(O)C(O)C1O)NC(=O)C(O)CCCCCCCC/C=C\CCCCCCCCCC. The lowest BCUT2D eigenvalue weighted by Gasteiger charge is -2.40. The number of ether oxygens (including phenoxy) is 2. The molecule has 0 radical (unpaired) electrons. The van der Waals surface area contributed by atoms with Gasteiger partial charge in [-0.25, -0.2) is 0 Å². The van der Waals surface area contributed by atoms with Crippen LogP contribution in [0.4, 0.5) is 0 Å². The number of aliphatic hydroxyl groups is 6. The van der Waals surface area contributed by atoms with E-state index >= 15 is 0 Å². The van der Waals surface area contributed by atoms with Gasteiger partial charge in [-0.05, 0) is 64.2 Å². The molecule has 8 atom stereocenters. The van der Waals surface area contributed by atoms with Crippen molar-refractivity contribution in [1.82, 2.24) is 5.32 Å². The van der Waals surface area contributed by atoms with Gasteiger partial charge in [0, 0.05) is 0 Å². The molecule has 1 fully saturated rings. The van der Waals surface area contributed by atoms with E-state index in [0.717, 1.165) is 57.8 Å². The maximum atomic E-state index is 13.0. The van der Waals surface area contributed by atoms with Crippen molar-refractivity contribution in [3.05, 3.63) is 48.6 Å². The van der Waals surface area contributed by atoms with E-state index in [9.17, 15) is 35.4 Å². The molecule has 8 unspecified atom stereocenters. The summed E-state index contributed by atoms with van der Waals surface area (Å²) >= 11 is 0.